The predicted octanol–water partition coefficient (Wildman–Crippen LogP) is 5.78. The molecule has 0 amide bonds. The van der Waals surface area contributed by atoms with Crippen LogP contribution in [-0.4, -0.2) is 14.4 Å². The highest BCUT2D eigenvalue weighted by Gasteiger charge is 2.16. The summed E-state index contributed by atoms with van der Waals surface area (Å²) in [5.74, 6) is 0. The van der Waals surface area contributed by atoms with E-state index < -0.39 is 0 Å². The molecule has 3 heteroatoms. The Morgan fingerprint density at radius 2 is 1.65 bits per heavy atom. The maximum atomic E-state index is 4.88. The van der Waals surface area contributed by atoms with Crippen molar-refractivity contribution in [3.63, 3.8) is 0 Å². The van der Waals surface area contributed by atoms with Crippen LogP contribution in [0.1, 0.15) is 26.3 Å². The third-order valence-electron chi connectivity index (χ3n) is 4.91. The van der Waals surface area contributed by atoms with Crippen molar-refractivity contribution in [1.82, 2.24) is 14.4 Å². The van der Waals surface area contributed by atoms with Crippen molar-refractivity contribution in [1.29, 1.82) is 0 Å². The molecule has 0 fully saturated rings. The summed E-state index contributed by atoms with van der Waals surface area (Å²) >= 11 is 0. The van der Waals surface area contributed by atoms with Gasteiger partial charge in [0.15, 0.2) is 5.65 Å². The number of hydrogen-bond donors (Lipinski definition) is 0. The van der Waals surface area contributed by atoms with Crippen LogP contribution in [0.15, 0.2) is 60.8 Å². The van der Waals surface area contributed by atoms with Gasteiger partial charge in [-0.15, -0.1) is 0 Å². The number of aromatic nitrogens is 3. The Kier molecular flexibility index (Phi) is 3.11. The van der Waals surface area contributed by atoms with Crippen molar-refractivity contribution in [2.75, 3.05) is 0 Å². The molecule has 2 aromatic carbocycles. The lowest BCUT2D eigenvalue weighted by atomic mass is 9.87. The zero-order chi connectivity index (χ0) is 17.9. The number of imidazole rings is 1. The first-order chi connectivity index (χ1) is 12.5. The molecule has 0 unspecified atom stereocenters. The lowest BCUT2D eigenvalue weighted by Crippen LogP contribution is -2.09. The summed E-state index contributed by atoms with van der Waals surface area (Å²) in [6, 6.07) is 19.3. The molecular weight excluding hydrogens is 318 g/mol. The van der Waals surface area contributed by atoms with Gasteiger partial charge < -0.3 is 0 Å². The van der Waals surface area contributed by atoms with E-state index in [1.54, 1.807) is 0 Å². The van der Waals surface area contributed by atoms with Crippen LogP contribution in [0.3, 0.4) is 0 Å². The molecule has 3 nitrogen and oxygen atoms in total. The molecule has 128 valence electrons. The van der Waals surface area contributed by atoms with Gasteiger partial charge in [0.25, 0.3) is 0 Å². The lowest BCUT2D eigenvalue weighted by Gasteiger charge is -2.19. The summed E-state index contributed by atoms with van der Waals surface area (Å²) in [5.41, 5.74) is 5.62. The number of hydrogen-bond acceptors (Lipinski definition) is 2. The highest BCUT2D eigenvalue weighted by molar-refractivity contribution is 6.13. The number of fused-ring (bicyclic) bond motifs is 8. The Labute approximate surface area is 152 Å². The van der Waals surface area contributed by atoms with Crippen molar-refractivity contribution in [3.05, 3.63) is 66.4 Å². The average Bonchev–Trinajstić information content (AvgIpc) is 3.00. The summed E-state index contributed by atoms with van der Waals surface area (Å²) < 4.78 is 2.20. The van der Waals surface area contributed by atoms with Gasteiger partial charge in [-0.25, -0.2) is 9.97 Å². The molecule has 0 aliphatic carbocycles. The standard InChI is InChI=1S/C23H21N3/c1-23(2,3)14-15-10-11-20-18(13-15)16-7-4-5-8-17(16)21-25-19-9-6-12-24-22(19)26(20)21/h4-13H,14H2,1-3H3. The molecule has 0 aliphatic heterocycles. The Morgan fingerprint density at radius 1 is 0.846 bits per heavy atom. The van der Waals surface area contributed by atoms with Gasteiger partial charge in [-0.1, -0.05) is 51.1 Å². The van der Waals surface area contributed by atoms with Gasteiger partial charge in [-0.2, -0.15) is 0 Å². The predicted molar refractivity (Wildman–Crippen MR) is 109 cm³/mol. The van der Waals surface area contributed by atoms with Crippen LogP contribution < -0.4 is 0 Å². The van der Waals surface area contributed by atoms with E-state index in [4.69, 9.17) is 4.98 Å². The van der Waals surface area contributed by atoms with E-state index in [0.29, 0.717) is 0 Å². The van der Waals surface area contributed by atoms with Crippen molar-refractivity contribution >= 4 is 38.5 Å². The first-order valence-corrected chi connectivity index (χ1v) is 9.08. The Balaban J connectivity index is 1.98. The molecule has 3 aromatic heterocycles. The zero-order valence-corrected chi connectivity index (χ0v) is 15.3. The van der Waals surface area contributed by atoms with E-state index in [-0.39, 0.29) is 5.41 Å². The van der Waals surface area contributed by atoms with Crippen LogP contribution in [0.25, 0.3) is 38.5 Å². The SMILES string of the molecule is CC(C)(C)Cc1ccc2c(c1)c1ccccc1c1nc3cccnc3n21. The van der Waals surface area contributed by atoms with E-state index in [1.807, 2.05) is 18.3 Å². The monoisotopic (exact) mass is 339 g/mol. The highest BCUT2D eigenvalue weighted by atomic mass is 15.1. The van der Waals surface area contributed by atoms with Gasteiger partial charge in [-0.05, 0) is 47.1 Å². The first kappa shape index (κ1) is 15.3. The van der Waals surface area contributed by atoms with Crippen LogP contribution in [0, 0.1) is 5.41 Å². The molecule has 0 spiro atoms. The minimum atomic E-state index is 0.261. The first-order valence-electron chi connectivity index (χ1n) is 9.08. The number of rotatable bonds is 1. The Morgan fingerprint density at radius 3 is 2.46 bits per heavy atom. The summed E-state index contributed by atoms with van der Waals surface area (Å²) in [6.07, 6.45) is 2.89. The van der Waals surface area contributed by atoms with Gasteiger partial charge in [0.05, 0.1) is 5.52 Å². The minimum absolute atomic E-state index is 0.261. The van der Waals surface area contributed by atoms with Gasteiger partial charge in [0.1, 0.15) is 11.2 Å². The van der Waals surface area contributed by atoms with E-state index in [2.05, 4.69) is 72.6 Å². The highest BCUT2D eigenvalue weighted by Crippen LogP contribution is 2.33. The molecule has 5 aromatic rings. The van der Waals surface area contributed by atoms with Gasteiger partial charge in [0, 0.05) is 17.0 Å². The summed E-state index contributed by atoms with van der Waals surface area (Å²) in [4.78, 5) is 9.48. The molecule has 5 rings (SSSR count). The molecule has 0 radical (unpaired) electrons. The van der Waals surface area contributed by atoms with Crippen LogP contribution in [0.5, 0.6) is 0 Å². The number of nitrogens with zero attached hydrogens (tertiary/aromatic N) is 3. The normalized spacial score (nSPS) is 12.6. The fraction of sp³-hybridized carbons (Fsp3) is 0.217. The molecule has 0 saturated carbocycles. The van der Waals surface area contributed by atoms with Gasteiger partial charge >= 0.3 is 0 Å². The van der Waals surface area contributed by atoms with Crippen LogP contribution in [0.4, 0.5) is 0 Å². The third kappa shape index (κ3) is 2.27. The van der Waals surface area contributed by atoms with Crippen LogP contribution in [0.2, 0.25) is 0 Å². The van der Waals surface area contributed by atoms with E-state index in [0.717, 1.165) is 28.7 Å². The molecule has 0 bridgehead atoms. The lowest BCUT2D eigenvalue weighted by molar-refractivity contribution is 0.411. The van der Waals surface area contributed by atoms with Crippen LogP contribution >= 0.6 is 0 Å². The maximum absolute atomic E-state index is 4.88. The fourth-order valence-corrected chi connectivity index (χ4v) is 3.95. The van der Waals surface area contributed by atoms with Crippen LogP contribution in [-0.2, 0) is 6.42 Å². The molecule has 0 atom stereocenters. The smallest absolute Gasteiger partial charge is 0.164 e. The molecule has 0 N–H and O–H groups in total. The van der Waals surface area contributed by atoms with Gasteiger partial charge in [-0.3, -0.25) is 4.40 Å². The van der Waals surface area contributed by atoms with Crippen molar-refractivity contribution < 1.29 is 0 Å². The summed E-state index contributed by atoms with van der Waals surface area (Å²) in [7, 11) is 0. The van der Waals surface area contributed by atoms with E-state index >= 15 is 0 Å². The molecule has 0 saturated heterocycles. The van der Waals surface area contributed by atoms with Crippen molar-refractivity contribution in [2.45, 2.75) is 27.2 Å². The Bertz CT molecular complexity index is 1290. The topological polar surface area (TPSA) is 30.2 Å². The second-order valence-corrected chi connectivity index (χ2v) is 8.25. The Hall–Kier alpha value is -2.94. The second kappa shape index (κ2) is 5.28. The summed E-state index contributed by atoms with van der Waals surface area (Å²) in [6.45, 7) is 6.85. The fourth-order valence-electron chi connectivity index (χ4n) is 3.95. The number of benzene rings is 2. The number of pyridine rings is 2. The van der Waals surface area contributed by atoms with E-state index in [1.165, 1.54) is 21.7 Å². The largest absolute Gasteiger partial charge is 0.276 e. The molecule has 26 heavy (non-hydrogen) atoms. The van der Waals surface area contributed by atoms with Gasteiger partial charge in [0.2, 0.25) is 0 Å². The van der Waals surface area contributed by atoms with Crippen molar-refractivity contribution in [3.8, 4) is 0 Å². The maximum Gasteiger partial charge on any atom is 0.164 e. The zero-order valence-electron chi connectivity index (χ0n) is 15.3. The molecular formula is C23H21N3. The molecule has 3 heterocycles. The second-order valence-electron chi connectivity index (χ2n) is 8.25. The van der Waals surface area contributed by atoms with E-state index in [9.17, 15) is 0 Å². The quantitative estimate of drug-likeness (QED) is 0.362. The third-order valence-corrected chi connectivity index (χ3v) is 4.91. The molecule has 0 aliphatic rings. The minimum Gasteiger partial charge on any atom is -0.276 e. The summed E-state index contributed by atoms with van der Waals surface area (Å²) in [5, 5.41) is 3.69. The van der Waals surface area contributed by atoms with Crippen molar-refractivity contribution in [2.24, 2.45) is 5.41 Å². The average molecular weight is 339 g/mol.